The molecule has 0 saturated carbocycles. The molecule has 0 aliphatic rings. The molecule has 0 spiro atoms. The van der Waals surface area contributed by atoms with Crippen LogP contribution in [0.1, 0.15) is 27.8 Å². The summed E-state index contributed by atoms with van der Waals surface area (Å²) in [5, 5.41) is 4.56. The van der Waals surface area contributed by atoms with Crippen LogP contribution < -0.4 is 17.0 Å². The van der Waals surface area contributed by atoms with Crippen molar-refractivity contribution in [2.24, 2.45) is 14.1 Å². The third-order valence-electron chi connectivity index (χ3n) is 5.60. The van der Waals surface area contributed by atoms with Gasteiger partial charge < -0.3 is 10.5 Å². The van der Waals surface area contributed by atoms with Gasteiger partial charge in [0, 0.05) is 19.7 Å². The van der Waals surface area contributed by atoms with E-state index in [1.54, 1.807) is 30.3 Å². The fourth-order valence-electron chi connectivity index (χ4n) is 3.61. The number of esters is 1. The lowest BCUT2D eigenvalue weighted by atomic mass is 10.1. The van der Waals surface area contributed by atoms with Crippen LogP contribution in [-0.4, -0.2) is 36.8 Å². The zero-order chi connectivity index (χ0) is 25.3. The molecule has 178 valence electrons. The van der Waals surface area contributed by atoms with Crippen molar-refractivity contribution in [3.05, 3.63) is 98.8 Å². The van der Waals surface area contributed by atoms with Crippen molar-refractivity contribution >= 4 is 17.6 Å². The average Bonchev–Trinajstić information content (AvgIpc) is 3.33. The molecule has 35 heavy (non-hydrogen) atoms. The third kappa shape index (κ3) is 4.29. The number of anilines is 1. The van der Waals surface area contributed by atoms with E-state index in [-0.39, 0.29) is 11.5 Å². The number of hydrogen-bond donors (Lipinski definition) is 1. The number of rotatable bonds is 6. The fourth-order valence-corrected chi connectivity index (χ4v) is 3.61. The molecule has 0 aliphatic carbocycles. The summed E-state index contributed by atoms with van der Waals surface area (Å²) < 4.78 is 8.63. The first-order chi connectivity index (χ1) is 16.7. The van der Waals surface area contributed by atoms with E-state index in [9.17, 15) is 19.2 Å². The Hall–Kier alpha value is -4.73. The first-order valence-electron chi connectivity index (χ1n) is 10.7. The maximum atomic E-state index is 13.2. The Morgan fingerprint density at radius 3 is 2.17 bits per heavy atom. The molecular weight excluding hydrogens is 450 g/mol. The first kappa shape index (κ1) is 23.4. The average molecular weight is 473 g/mol. The summed E-state index contributed by atoms with van der Waals surface area (Å²) in [6.45, 7) is 1.34. The zero-order valence-corrected chi connectivity index (χ0v) is 19.3. The van der Waals surface area contributed by atoms with Crippen LogP contribution in [-0.2, 0) is 18.8 Å². The Labute approximate surface area is 199 Å². The number of carbonyl (C=O) groups excluding carboxylic acids is 2. The standard InChI is InChI=1S/C25H23N5O5/c1-15(21(31)20-22(26)28(2)25(34)29(3)23(20)32)35-24(33)19-14-18(16-10-6-4-7-11-16)27-30(19)17-12-8-5-9-13-17/h4-15H,26H2,1-3H3. The summed E-state index contributed by atoms with van der Waals surface area (Å²) in [6, 6.07) is 19.9. The van der Waals surface area contributed by atoms with Gasteiger partial charge in [-0.2, -0.15) is 5.10 Å². The van der Waals surface area contributed by atoms with Crippen LogP contribution in [0, 0.1) is 0 Å². The molecule has 1 atom stereocenters. The molecule has 2 aromatic carbocycles. The maximum absolute atomic E-state index is 13.2. The molecule has 4 aromatic rings. The second kappa shape index (κ2) is 9.26. The number of benzene rings is 2. The number of ketones is 1. The van der Waals surface area contributed by atoms with Crippen molar-refractivity contribution in [3.63, 3.8) is 0 Å². The smallest absolute Gasteiger partial charge is 0.357 e. The number of nitrogens with two attached hydrogens (primary N) is 1. The van der Waals surface area contributed by atoms with Gasteiger partial charge in [-0.1, -0.05) is 48.5 Å². The van der Waals surface area contributed by atoms with E-state index in [0.29, 0.717) is 11.4 Å². The second-order valence-electron chi connectivity index (χ2n) is 7.91. The number of aromatic nitrogens is 4. The second-order valence-corrected chi connectivity index (χ2v) is 7.91. The highest BCUT2D eigenvalue weighted by atomic mass is 16.5. The summed E-state index contributed by atoms with van der Waals surface area (Å²) in [5.41, 5.74) is 5.97. The van der Waals surface area contributed by atoms with Gasteiger partial charge in [-0.3, -0.25) is 18.7 Å². The number of ether oxygens (including phenoxy) is 1. The van der Waals surface area contributed by atoms with Gasteiger partial charge in [0.1, 0.15) is 11.4 Å². The van der Waals surface area contributed by atoms with E-state index in [2.05, 4.69) is 5.10 Å². The Morgan fingerprint density at radius 1 is 0.943 bits per heavy atom. The number of para-hydroxylation sites is 1. The third-order valence-corrected chi connectivity index (χ3v) is 5.60. The maximum Gasteiger partial charge on any atom is 0.357 e. The number of nitrogens with zero attached hydrogens (tertiary/aromatic N) is 4. The van der Waals surface area contributed by atoms with Gasteiger partial charge in [0.05, 0.1) is 11.4 Å². The molecule has 0 saturated heterocycles. The van der Waals surface area contributed by atoms with E-state index in [1.165, 1.54) is 25.7 Å². The van der Waals surface area contributed by atoms with Crippen LogP contribution in [0.2, 0.25) is 0 Å². The molecule has 0 amide bonds. The van der Waals surface area contributed by atoms with E-state index in [0.717, 1.165) is 14.7 Å². The normalized spacial score (nSPS) is 11.7. The number of Topliss-reactive ketones (excluding diaryl/α,β-unsaturated/α-hetero) is 1. The molecule has 0 fully saturated rings. The van der Waals surface area contributed by atoms with E-state index >= 15 is 0 Å². The summed E-state index contributed by atoms with van der Waals surface area (Å²) >= 11 is 0. The van der Waals surface area contributed by atoms with Crippen molar-refractivity contribution in [2.45, 2.75) is 13.0 Å². The number of nitrogen functional groups attached to an aromatic ring is 1. The van der Waals surface area contributed by atoms with Gasteiger partial charge in [-0.05, 0) is 25.1 Å². The molecule has 2 heterocycles. The van der Waals surface area contributed by atoms with Gasteiger partial charge in [-0.15, -0.1) is 0 Å². The largest absolute Gasteiger partial charge is 0.450 e. The van der Waals surface area contributed by atoms with Gasteiger partial charge in [0.2, 0.25) is 5.78 Å². The highest BCUT2D eigenvalue weighted by molar-refractivity contribution is 6.04. The van der Waals surface area contributed by atoms with Gasteiger partial charge in [-0.25, -0.2) is 14.3 Å². The highest BCUT2D eigenvalue weighted by Crippen LogP contribution is 2.23. The predicted molar refractivity (Wildman–Crippen MR) is 130 cm³/mol. The molecule has 1 unspecified atom stereocenters. The van der Waals surface area contributed by atoms with Crippen LogP contribution in [0.25, 0.3) is 16.9 Å². The Balaban J connectivity index is 1.70. The lowest BCUT2D eigenvalue weighted by molar-refractivity contribution is 0.0309. The van der Waals surface area contributed by atoms with Gasteiger partial charge >= 0.3 is 11.7 Å². The van der Waals surface area contributed by atoms with Crippen LogP contribution in [0.15, 0.2) is 76.3 Å². The number of carbonyl (C=O) groups is 2. The Morgan fingerprint density at radius 2 is 1.54 bits per heavy atom. The summed E-state index contributed by atoms with van der Waals surface area (Å²) in [7, 11) is 2.58. The van der Waals surface area contributed by atoms with Crippen LogP contribution in [0.5, 0.6) is 0 Å². The Bertz CT molecular complexity index is 1530. The zero-order valence-electron chi connectivity index (χ0n) is 19.3. The molecule has 10 nitrogen and oxygen atoms in total. The summed E-state index contributed by atoms with van der Waals surface area (Å²) in [5.74, 6) is -1.93. The summed E-state index contributed by atoms with van der Waals surface area (Å²) in [4.78, 5) is 50.8. The lowest BCUT2D eigenvalue weighted by Crippen LogP contribution is -2.43. The molecule has 2 N–H and O–H groups in total. The molecule has 0 bridgehead atoms. The SMILES string of the molecule is CC(OC(=O)c1cc(-c2ccccc2)nn1-c1ccccc1)C(=O)c1c(N)n(C)c(=O)n(C)c1=O. The molecular formula is C25H23N5O5. The molecule has 2 aromatic heterocycles. The highest BCUT2D eigenvalue weighted by Gasteiger charge is 2.29. The van der Waals surface area contributed by atoms with Crippen molar-refractivity contribution in [1.82, 2.24) is 18.9 Å². The molecule has 4 rings (SSSR count). The quantitative estimate of drug-likeness (QED) is 0.334. The number of hydrogen-bond acceptors (Lipinski definition) is 7. The van der Waals surface area contributed by atoms with E-state index in [4.69, 9.17) is 10.5 Å². The summed E-state index contributed by atoms with van der Waals surface area (Å²) in [6.07, 6.45) is -1.35. The van der Waals surface area contributed by atoms with Crippen molar-refractivity contribution in [3.8, 4) is 16.9 Å². The first-order valence-corrected chi connectivity index (χ1v) is 10.7. The van der Waals surface area contributed by atoms with Crippen LogP contribution in [0.3, 0.4) is 0 Å². The van der Waals surface area contributed by atoms with E-state index in [1.807, 2.05) is 36.4 Å². The minimum absolute atomic E-state index is 0.0936. The van der Waals surface area contributed by atoms with Gasteiger partial charge in [0.15, 0.2) is 11.8 Å². The van der Waals surface area contributed by atoms with Crippen molar-refractivity contribution in [2.75, 3.05) is 5.73 Å². The molecule has 10 heteroatoms. The molecule has 0 aliphatic heterocycles. The predicted octanol–water partition coefficient (Wildman–Crippen LogP) is 1.95. The fraction of sp³-hybridized carbons (Fsp3) is 0.160. The molecule has 0 radical (unpaired) electrons. The monoisotopic (exact) mass is 473 g/mol. The minimum Gasteiger partial charge on any atom is -0.450 e. The Kier molecular flexibility index (Phi) is 6.20. The van der Waals surface area contributed by atoms with Gasteiger partial charge in [0.25, 0.3) is 5.56 Å². The minimum atomic E-state index is -1.35. The topological polar surface area (TPSA) is 131 Å². The van der Waals surface area contributed by atoms with Crippen LogP contribution >= 0.6 is 0 Å². The lowest BCUT2D eigenvalue weighted by Gasteiger charge is -2.15. The van der Waals surface area contributed by atoms with Crippen molar-refractivity contribution in [1.29, 1.82) is 0 Å². The van der Waals surface area contributed by atoms with Crippen molar-refractivity contribution < 1.29 is 14.3 Å². The van der Waals surface area contributed by atoms with Crippen LogP contribution in [0.4, 0.5) is 5.82 Å². The van der Waals surface area contributed by atoms with E-state index < -0.39 is 34.7 Å².